The van der Waals surface area contributed by atoms with Gasteiger partial charge in [0.05, 0.1) is 23.4 Å². The molecule has 0 fully saturated rings. The summed E-state index contributed by atoms with van der Waals surface area (Å²) in [5, 5.41) is 7.14. The van der Waals surface area contributed by atoms with Crippen LogP contribution in [0.5, 0.6) is 5.75 Å². The number of aromatic nitrogens is 2. The average molecular weight is 307 g/mol. The van der Waals surface area contributed by atoms with Crippen molar-refractivity contribution in [3.63, 3.8) is 0 Å². The van der Waals surface area contributed by atoms with Gasteiger partial charge in [-0.1, -0.05) is 24.8 Å². The lowest BCUT2D eigenvalue weighted by atomic mass is 10.3. The number of H-pyrrole nitrogens is 1. The van der Waals surface area contributed by atoms with Crippen molar-refractivity contribution in [1.29, 1.82) is 0 Å². The van der Waals surface area contributed by atoms with Gasteiger partial charge in [0.15, 0.2) is 0 Å². The highest BCUT2D eigenvalue weighted by Crippen LogP contribution is 2.14. The molecule has 0 atom stereocenters. The van der Waals surface area contributed by atoms with E-state index in [4.69, 9.17) is 4.74 Å². The Balaban J connectivity index is 1.95. The molecule has 0 aliphatic carbocycles. The van der Waals surface area contributed by atoms with Gasteiger partial charge in [-0.15, -0.1) is 0 Å². The zero-order chi connectivity index (χ0) is 16.2. The molecule has 2 N–H and O–H groups in total. The molecule has 0 radical (unpaired) electrons. The fraction of sp³-hybridized carbons (Fsp3) is 0.0556. The first kappa shape index (κ1) is 14.7. The largest absolute Gasteiger partial charge is 0.497 e. The van der Waals surface area contributed by atoms with Crippen molar-refractivity contribution in [1.82, 2.24) is 9.78 Å². The van der Waals surface area contributed by atoms with E-state index >= 15 is 0 Å². The molecule has 116 valence electrons. The molecule has 0 aliphatic rings. The van der Waals surface area contributed by atoms with Crippen molar-refractivity contribution in [3.8, 4) is 11.4 Å². The number of nitrogens with zero attached hydrogens (tertiary/aromatic N) is 1. The van der Waals surface area contributed by atoms with Gasteiger partial charge in [0.2, 0.25) is 0 Å². The van der Waals surface area contributed by atoms with Crippen LogP contribution in [0.2, 0.25) is 0 Å². The highest BCUT2D eigenvalue weighted by atomic mass is 16.5. The summed E-state index contributed by atoms with van der Waals surface area (Å²) >= 11 is 0. The summed E-state index contributed by atoms with van der Waals surface area (Å²) < 4.78 is 6.59. The molecule has 5 heteroatoms. The molecule has 1 heterocycles. The normalized spacial score (nSPS) is 11.4. The van der Waals surface area contributed by atoms with Crippen LogP contribution in [0.15, 0.2) is 59.4 Å². The molecule has 0 bridgehead atoms. The van der Waals surface area contributed by atoms with Crippen LogP contribution in [0.1, 0.15) is 0 Å². The lowest BCUT2D eigenvalue weighted by molar-refractivity contribution is 0.415. The predicted octanol–water partition coefficient (Wildman–Crippen LogP) is 1.43. The molecule has 5 nitrogen and oxygen atoms in total. The van der Waals surface area contributed by atoms with Crippen molar-refractivity contribution in [2.45, 2.75) is 0 Å². The number of hydrogen-bond acceptors (Lipinski definition) is 3. The first-order valence-corrected chi connectivity index (χ1v) is 7.15. The monoisotopic (exact) mass is 307 g/mol. The fourth-order valence-electron chi connectivity index (χ4n) is 2.25. The highest BCUT2D eigenvalue weighted by molar-refractivity contribution is 5.55. The number of aromatic amines is 1. The number of rotatable bonds is 4. The van der Waals surface area contributed by atoms with E-state index in [0.29, 0.717) is 10.6 Å². The zero-order valence-corrected chi connectivity index (χ0v) is 12.7. The fourth-order valence-corrected chi connectivity index (χ4v) is 2.25. The summed E-state index contributed by atoms with van der Waals surface area (Å²) in [6.45, 7) is 3.90. The topological polar surface area (TPSA) is 59.0 Å². The third kappa shape index (κ3) is 3.03. The highest BCUT2D eigenvalue weighted by Gasteiger charge is 2.03. The van der Waals surface area contributed by atoms with Crippen LogP contribution in [-0.2, 0) is 0 Å². The lowest BCUT2D eigenvalue weighted by Crippen LogP contribution is -2.34. The van der Waals surface area contributed by atoms with Gasteiger partial charge < -0.3 is 10.1 Å². The average Bonchev–Trinajstić information content (AvgIpc) is 2.88. The van der Waals surface area contributed by atoms with E-state index in [2.05, 4.69) is 17.0 Å². The van der Waals surface area contributed by atoms with Gasteiger partial charge in [-0.25, -0.2) is 4.68 Å². The molecule has 0 aliphatic heterocycles. The van der Waals surface area contributed by atoms with Gasteiger partial charge in [0.1, 0.15) is 5.75 Å². The zero-order valence-electron chi connectivity index (χ0n) is 12.7. The van der Waals surface area contributed by atoms with Gasteiger partial charge in [-0.05, 0) is 36.4 Å². The van der Waals surface area contributed by atoms with Gasteiger partial charge in [-0.2, -0.15) is 0 Å². The quantitative estimate of drug-likeness (QED) is 0.767. The van der Waals surface area contributed by atoms with E-state index in [9.17, 15) is 4.79 Å². The summed E-state index contributed by atoms with van der Waals surface area (Å²) in [6, 6.07) is 16.8. The second-order valence-electron chi connectivity index (χ2n) is 5.00. The molecule has 0 saturated carbocycles. The SMILES string of the molecule is C=c1[nH]n(-c2ccccc2)c(=O)/c1=C\Nc1ccc(OC)cc1. The Labute approximate surface area is 133 Å². The minimum atomic E-state index is -0.151. The van der Waals surface area contributed by atoms with E-state index in [1.807, 2.05) is 54.6 Å². The van der Waals surface area contributed by atoms with Crippen molar-refractivity contribution in [2.75, 3.05) is 12.4 Å². The van der Waals surface area contributed by atoms with Crippen LogP contribution in [-0.4, -0.2) is 16.9 Å². The third-order valence-corrected chi connectivity index (χ3v) is 3.49. The minimum absolute atomic E-state index is 0.151. The molecule has 3 aromatic rings. The van der Waals surface area contributed by atoms with E-state index < -0.39 is 0 Å². The van der Waals surface area contributed by atoms with E-state index in [1.165, 1.54) is 4.68 Å². The second kappa shape index (κ2) is 6.27. The van der Waals surface area contributed by atoms with Crippen LogP contribution in [0.3, 0.4) is 0 Å². The molecule has 0 spiro atoms. The molecule has 0 saturated heterocycles. The summed E-state index contributed by atoms with van der Waals surface area (Å²) in [4.78, 5) is 12.5. The van der Waals surface area contributed by atoms with Crippen molar-refractivity contribution >= 4 is 18.5 Å². The molecule has 0 amide bonds. The van der Waals surface area contributed by atoms with Crippen molar-refractivity contribution < 1.29 is 4.74 Å². The maximum atomic E-state index is 12.5. The maximum Gasteiger partial charge on any atom is 0.280 e. The second-order valence-corrected chi connectivity index (χ2v) is 5.00. The number of methoxy groups -OCH3 is 1. The number of ether oxygens (including phenoxy) is 1. The van der Waals surface area contributed by atoms with E-state index in [0.717, 1.165) is 17.1 Å². The Kier molecular flexibility index (Phi) is 4.01. The lowest BCUT2D eigenvalue weighted by Gasteiger charge is -2.02. The molecule has 3 rings (SSSR count). The first-order valence-electron chi connectivity index (χ1n) is 7.15. The molecule has 2 aromatic carbocycles. The predicted molar refractivity (Wildman–Crippen MR) is 92.2 cm³/mol. The van der Waals surface area contributed by atoms with Crippen LogP contribution < -0.4 is 26.2 Å². The van der Waals surface area contributed by atoms with Crippen LogP contribution in [0.25, 0.3) is 18.5 Å². The number of hydrogen-bond donors (Lipinski definition) is 2. The number of nitrogens with one attached hydrogen (secondary N) is 2. The summed E-state index contributed by atoms with van der Waals surface area (Å²) in [6.07, 6.45) is 1.66. The summed E-state index contributed by atoms with van der Waals surface area (Å²) in [5.41, 5.74) is 1.48. The summed E-state index contributed by atoms with van der Waals surface area (Å²) in [7, 11) is 1.62. The third-order valence-electron chi connectivity index (χ3n) is 3.49. The number of benzene rings is 2. The van der Waals surface area contributed by atoms with Gasteiger partial charge in [-0.3, -0.25) is 9.89 Å². The number of anilines is 1. The Bertz CT molecular complexity index is 954. The maximum absolute atomic E-state index is 12.5. The Morgan fingerprint density at radius 2 is 1.83 bits per heavy atom. The first-order chi connectivity index (χ1) is 11.2. The van der Waals surface area contributed by atoms with E-state index in [1.54, 1.807) is 13.3 Å². The molecular weight excluding hydrogens is 290 g/mol. The summed E-state index contributed by atoms with van der Waals surface area (Å²) in [5.74, 6) is 0.779. The van der Waals surface area contributed by atoms with E-state index in [-0.39, 0.29) is 5.56 Å². The van der Waals surface area contributed by atoms with Crippen LogP contribution >= 0.6 is 0 Å². The molecule has 1 aromatic heterocycles. The number of para-hydroxylation sites is 1. The van der Waals surface area contributed by atoms with Crippen molar-refractivity contribution in [3.05, 3.63) is 75.5 Å². The molecule has 23 heavy (non-hydrogen) atoms. The minimum Gasteiger partial charge on any atom is -0.497 e. The van der Waals surface area contributed by atoms with Gasteiger partial charge in [0.25, 0.3) is 5.56 Å². The Hall–Kier alpha value is -3.21. The van der Waals surface area contributed by atoms with Gasteiger partial charge >= 0.3 is 0 Å². The molecular formula is C18H17N3O2. The Morgan fingerprint density at radius 1 is 1.13 bits per heavy atom. The van der Waals surface area contributed by atoms with Crippen LogP contribution in [0, 0.1) is 0 Å². The van der Waals surface area contributed by atoms with Crippen molar-refractivity contribution in [2.24, 2.45) is 0 Å². The smallest absolute Gasteiger partial charge is 0.280 e. The van der Waals surface area contributed by atoms with Gasteiger partial charge in [0, 0.05) is 11.9 Å². The molecule has 0 unspecified atom stereocenters. The standard InChI is InChI=1S/C18H17N3O2/c1-13-17(12-19-14-8-10-16(23-2)11-9-14)18(22)21(20-13)15-6-4-3-5-7-15/h3-12,19-20H,1H2,2H3/b17-12-. The Morgan fingerprint density at radius 3 is 2.48 bits per heavy atom. The van der Waals surface area contributed by atoms with Crippen LogP contribution in [0.4, 0.5) is 5.69 Å².